The molecule has 1 aromatic rings. The Kier molecular flexibility index (Phi) is 6.49. The van der Waals surface area contributed by atoms with Gasteiger partial charge < -0.3 is 20.5 Å². The Hall–Kier alpha value is -1.75. The number of hydrogen-bond acceptors (Lipinski definition) is 4. The number of nitrogens with two attached hydrogens (primary N) is 1. The van der Waals surface area contributed by atoms with Gasteiger partial charge in [-0.1, -0.05) is 13.8 Å². The summed E-state index contributed by atoms with van der Waals surface area (Å²) in [6, 6.07) is 5.11. The number of rotatable bonds is 7. The molecule has 0 spiro atoms. The summed E-state index contributed by atoms with van der Waals surface area (Å²) in [5.41, 5.74) is 6.84. The van der Waals surface area contributed by atoms with E-state index in [0.29, 0.717) is 23.0 Å². The van der Waals surface area contributed by atoms with Crippen molar-refractivity contribution in [2.45, 2.75) is 46.3 Å². The Balaban J connectivity index is 2.66. The summed E-state index contributed by atoms with van der Waals surface area (Å²) in [6.07, 6.45) is 0.414. The predicted octanol–water partition coefficient (Wildman–Crippen LogP) is 3.06. The maximum Gasteiger partial charge on any atom is 0.253 e. The molecule has 0 saturated heterocycles. The molecule has 0 aliphatic carbocycles. The number of amides is 1. The van der Waals surface area contributed by atoms with Gasteiger partial charge in [-0.3, -0.25) is 4.79 Å². The first-order valence-electron chi connectivity index (χ1n) is 7.23. The molecule has 1 rings (SSSR count). The first-order valence-corrected chi connectivity index (χ1v) is 7.23. The minimum atomic E-state index is -0.537. The number of benzene rings is 1. The van der Waals surface area contributed by atoms with Gasteiger partial charge in [0, 0.05) is 5.69 Å². The first kappa shape index (κ1) is 17.3. The minimum absolute atomic E-state index is 0.0356. The lowest BCUT2D eigenvalue weighted by molar-refractivity contribution is -0.129. The summed E-state index contributed by atoms with van der Waals surface area (Å²) in [6.45, 7) is 7.97. The predicted molar refractivity (Wildman–Crippen MR) is 85.5 cm³/mol. The molecule has 118 valence electrons. The molecule has 2 atom stereocenters. The lowest BCUT2D eigenvalue weighted by Gasteiger charge is -2.20. The average molecular weight is 294 g/mol. The number of carbonyl (C=O) groups excluding carboxylic acids is 1. The highest BCUT2D eigenvalue weighted by atomic mass is 16.5. The number of nitrogen functional groups attached to an aromatic ring is 1. The van der Waals surface area contributed by atoms with Gasteiger partial charge in [-0.15, -0.1) is 0 Å². The third-order valence-electron chi connectivity index (χ3n) is 3.09. The monoisotopic (exact) mass is 294 g/mol. The quantitative estimate of drug-likeness (QED) is 0.758. The van der Waals surface area contributed by atoms with Gasteiger partial charge in [-0.05, 0) is 44.4 Å². The van der Waals surface area contributed by atoms with Crippen molar-refractivity contribution in [1.29, 1.82) is 0 Å². The first-order chi connectivity index (χ1) is 9.83. The molecule has 0 bridgehead atoms. The molecular weight excluding hydrogens is 268 g/mol. The van der Waals surface area contributed by atoms with Crippen molar-refractivity contribution in [1.82, 2.24) is 0 Å². The Labute approximate surface area is 126 Å². The van der Waals surface area contributed by atoms with Gasteiger partial charge in [0.15, 0.2) is 0 Å². The fraction of sp³-hybridized carbons (Fsp3) is 0.562. The smallest absolute Gasteiger partial charge is 0.253 e. The molecule has 0 aliphatic heterocycles. The largest absolute Gasteiger partial charge is 0.495 e. The van der Waals surface area contributed by atoms with E-state index in [0.717, 1.165) is 6.42 Å². The number of nitrogens with one attached hydrogen (secondary N) is 1. The normalized spacial score (nSPS) is 13.8. The third-order valence-corrected chi connectivity index (χ3v) is 3.09. The number of ether oxygens (including phenoxy) is 2. The van der Waals surface area contributed by atoms with Gasteiger partial charge in [0.05, 0.1) is 18.9 Å². The zero-order chi connectivity index (χ0) is 16.0. The molecule has 0 aromatic heterocycles. The molecule has 21 heavy (non-hydrogen) atoms. The van der Waals surface area contributed by atoms with Crippen LogP contribution in [0.2, 0.25) is 0 Å². The molecule has 0 fully saturated rings. The van der Waals surface area contributed by atoms with E-state index >= 15 is 0 Å². The van der Waals surface area contributed by atoms with Crippen molar-refractivity contribution in [3.8, 4) is 5.75 Å². The van der Waals surface area contributed by atoms with Crippen molar-refractivity contribution in [2.75, 3.05) is 18.2 Å². The Bertz CT molecular complexity index is 475. The summed E-state index contributed by atoms with van der Waals surface area (Å²) >= 11 is 0. The lowest BCUT2D eigenvalue weighted by Crippen LogP contribution is -2.31. The maximum absolute atomic E-state index is 12.2. The van der Waals surface area contributed by atoms with Crippen LogP contribution in [0.15, 0.2) is 18.2 Å². The Morgan fingerprint density at radius 3 is 2.52 bits per heavy atom. The van der Waals surface area contributed by atoms with Gasteiger partial charge in [0.25, 0.3) is 5.91 Å². The van der Waals surface area contributed by atoms with E-state index < -0.39 is 6.10 Å². The molecule has 0 heterocycles. The zero-order valence-corrected chi connectivity index (χ0v) is 13.5. The molecule has 0 aliphatic rings. The van der Waals surface area contributed by atoms with Crippen molar-refractivity contribution in [2.24, 2.45) is 5.92 Å². The van der Waals surface area contributed by atoms with Gasteiger partial charge in [0.1, 0.15) is 11.9 Å². The molecule has 2 unspecified atom stereocenters. The van der Waals surface area contributed by atoms with E-state index in [1.54, 1.807) is 32.2 Å². The van der Waals surface area contributed by atoms with Crippen LogP contribution in [0.4, 0.5) is 11.4 Å². The summed E-state index contributed by atoms with van der Waals surface area (Å²) in [5.74, 6) is 0.888. The van der Waals surface area contributed by atoms with Gasteiger partial charge in [-0.25, -0.2) is 0 Å². The average Bonchev–Trinajstić information content (AvgIpc) is 2.37. The number of carbonyl (C=O) groups is 1. The van der Waals surface area contributed by atoms with E-state index in [1.165, 1.54) is 0 Å². The van der Waals surface area contributed by atoms with Crippen molar-refractivity contribution >= 4 is 17.3 Å². The lowest BCUT2D eigenvalue weighted by atomic mass is 10.1. The highest BCUT2D eigenvalue weighted by molar-refractivity contribution is 5.95. The van der Waals surface area contributed by atoms with Gasteiger partial charge >= 0.3 is 0 Å². The van der Waals surface area contributed by atoms with Crippen LogP contribution in [0, 0.1) is 5.92 Å². The van der Waals surface area contributed by atoms with Crippen LogP contribution in [0.1, 0.15) is 34.1 Å². The third kappa shape index (κ3) is 5.63. The fourth-order valence-corrected chi connectivity index (χ4v) is 2.19. The van der Waals surface area contributed by atoms with E-state index in [1.807, 2.05) is 6.92 Å². The number of hydrogen-bond donors (Lipinski definition) is 2. The molecular formula is C16H26N2O3. The fourth-order valence-electron chi connectivity index (χ4n) is 2.19. The summed E-state index contributed by atoms with van der Waals surface area (Å²) in [5, 5.41) is 2.79. The van der Waals surface area contributed by atoms with Crippen molar-refractivity contribution in [3.05, 3.63) is 18.2 Å². The summed E-state index contributed by atoms with van der Waals surface area (Å²) < 4.78 is 10.9. The van der Waals surface area contributed by atoms with Crippen LogP contribution in [0.25, 0.3) is 0 Å². The second-order valence-electron chi connectivity index (χ2n) is 5.67. The molecule has 1 amide bonds. The van der Waals surface area contributed by atoms with Crippen LogP contribution in [0.3, 0.4) is 0 Å². The molecule has 3 N–H and O–H groups in total. The second kappa shape index (κ2) is 7.88. The molecule has 5 heteroatoms. The van der Waals surface area contributed by atoms with Crippen LogP contribution >= 0.6 is 0 Å². The van der Waals surface area contributed by atoms with Crippen molar-refractivity contribution in [3.63, 3.8) is 0 Å². The maximum atomic E-state index is 12.2. The van der Waals surface area contributed by atoms with Gasteiger partial charge in [0.2, 0.25) is 0 Å². The second-order valence-corrected chi connectivity index (χ2v) is 5.67. The highest BCUT2D eigenvalue weighted by Crippen LogP contribution is 2.26. The summed E-state index contributed by atoms with van der Waals surface area (Å²) in [4.78, 5) is 12.2. The van der Waals surface area contributed by atoms with Crippen LogP contribution in [0.5, 0.6) is 5.75 Å². The van der Waals surface area contributed by atoms with Crippen LogP contribution in [-0.4, -0.2) is 25.2 Å². The van der Waals surface area contributed by atoms with Crippen LogP contribution in [-0.2, 0) is 9.53 Å². The number of anilines is 2. The van der Waals surface area contributed by atoms with E-state index in [9.17, 15) is 4.79 Å². The molecule has 0 radical (unpaired) electrons. The van der Waals surface area contributed by atoms with E-state index in [4.69, 9.17) is 15.2 Å². The summed E-state index contributed by atoms with van der Waals surface area (Å²) in [7, 11) is 1.55. The standard InChI is InChI=1S/C16H26N2O3/c1-10(2)8-11(3)21-12(4)16(19)18-14-9-13(17)6-7-15(14)20-5/h6-7,9-12H,8,17H2,1-5H3,(H,18,19). The Morgan fingerprint density at radius 2 is 1.95 bits per heavy atom. The zero-order valence-electron chi connectivity index (χ0n) is 13.5. The van der Waals surface area contributed by atoms with Gasteiger partial charge in [-0.2, -0.15) is 0 Å². The molecule has 0 saturated carbocycles. The SMILES string of the molecule is COc1ccc(N)cc1NC(=O)C(C)OC(C)CC(C)C. The molecule has 1 aromatic carbocycles. The molecule has 5 nitrogen and oxygen atoms in total. The van der Waals surface area contributed by atoms with E-state index in [2.05, 4.69) is 19.2 Å². The number of methoxy groups -OCH3 is 1. The minimum Gasteiger partial charge on any atom is -0.495 e. The van der Waals surface area contributed by atoms with E-state index in [-0.39, 0.29) is 12.0 Å². The van der Waals surface area contributed by atoms with Crippen molar-refractivity contribution < 1.29 is 14.3 Å². The Morgan fingerprint density at radius 1 is 1.29 bits per heavy atom. The topological polar surface area (TPSA) is 73.6 Å². The highest BCUT2D eigenvalue weighted by Gasteiger charge is 2.18. The van der Waals surface area contributed by atoms with Crippen LogP contribution < -0.4 is 15.8 Å².